The fourth-order valence-corrected chi connectivity index (χ4v) is 2.11. The van der Waals surface area contributed by atoms with Crippen molar-refractivity contribution in [3.63, 3.8) is 0 Å². The number of nitrogens with zero attached hydrogens (tertiary/aromatic N) is 1. The maximum Gasteiger partial charge on any atom is 0.221 e. The van der Waals surface area contributed by atoms with Gasteiger partial charge in [-0.2, -0.15) is 0 Å². The Morgan fingerprint density at radius 1 is 1.47 bits per heavy atom. The van der Waals surface area contributed by atoms with E-state index in [2.05, 4.69) is 29.5 Å². The average Bonchev–Trinajstić information content (AvgIpc) is 2.59. The second-order valence-electron chi connectivity index (χ2n) is 4.77. The van der Waals surface area contributed by atoms with Crippen LogP contribution in [0.2, 0.25) is 0 Å². The molecule has 0 bridgehead atoms. The molecule has 1 aliphatic heterocycles. The number of ether oxygens (including phenoxy) is 1. The van der Waals surface area contributed by atoms with E-state index in [1.165, 1.54) is 6.42 Å². The molecule has 5 heteroatoms. The number of rotatable bonds is 7. The Balaban J connectivity index is 2.02. The van der Waals surface area contributed by atoms with Gasteiger partial charge in [-0.1, -0.05) is 0 Å². The van der Waals surface area contributed by atoms with E-state index in [0.29, 0.717) is 31.7 Å². The standard InChI is InChI=1S/C12H25N3O2/c1-10-8-11(9-15(10)2)13-5-4-12(16)14-6-7-17-3/h10-11,13H,4-9H2,1-3H3,(H,14,16). The fraction of sp³-hybridized carbons (Fsp3) is 0.917. The molecule has 0 saturated carbocycles. The van der Waals surface area contributed by atoms with Gasteiger partial charge in [-0.25, -0.2) is 0 Å². The second-order valence-corrected chi connectivity index (χ2v) is 4.77. The van der Waals surface area contributed by atoms with Gasteiger partial charge in [0.15, 0.2) is 0 Å². The highest BCUT2D eigenvalue weighted by molar-refractivity contribution is 5.76. The minimum absolute atomic E-state index is 0.0916. The van der Waals surface area contributed by atoms with Crippen molar-refractivity contribution < 1.29 is 9.53 Å². The van der Waals surface area contributed by atoms with Gasteiger partial charge in [0.1, 0.15) is 0 Å². The van der Waals surface area contributed by atoms with Gasteiger partial charge >= 0.3 is 0 Å². The highest BCUT2D eigenvalue weighted by Crippen LogP contribution is 2.14. The normalized spacial score (nSPS) is 25.1. The van der Waals surface area contributed by atoms with Crippen molar-refractivity contribution in [3.05, 3.63) is 0 Å². The third kappa shape index (κ3) is 5.48. The van der Waals surface area contributed by atoms with Crippen LogP contribution in [0.5, 0.6) is 0 Å². The highest BCUT2D eigenvalue weighted by Gasteiger charge is 2.25. The molecule has 0 aromatic rings. The molecule has 1 heterocycles. The number of hydrogen-bond donors (Lipinski definition) is 2. The van der Waals surface area contributed by atoms with Crippen LogP contribution in [-0.2, 0) is 9.53 Å². The quantitative estimate of drug-likeness (QED) is 0.609. The molecule has 1 amide bonds. The lowest BCUT2D eigenvalue weighted by Gasteiger charge is -2.13. The summed E-state index contributed by atoms with van der Waals surface area (Å²) < 4.78 is 4.87. The van der Waals surface area contributed by atoms with E-state index in [9.17, 15) is 4.79 Å². The van der Waals surface area contributed by atoms with Crippen LogP contribution >= 0.6 is 0 Å². The van der Waals surface area contributed by atoms with Gasteiger partial charge in [0, 0.05) is 45.2 Å². The smallest absolute Gasteiger partial charge is 0.221 e. The van der Waals surface area contributed by atoms with Gasteiger partial charge in [0.2, 0.25) is 5.91 Å². The molecule has 1 rings (SSSR count). The van der Waals surface area contributed by atoms with Crippen molar-refractivity contribution in [3.8, 4) is 0 Å². The Morgan fingerprint density at radius 3 is 2.82 bits per heavy atom. The summed E-state index contributed by atoms with van der Waals surface area (Å²) in [6.07, 6.45) is 1.71. The molecule has 2 unspecified atom stereocenters. The van der Waals surface area contributed by atoms with Crippen LogP contribution < -0.4 is 10.6 Å². The summed E-state index contributed by atoms with van der Waals surface area (Å²) in [6, 6.07) is 1.17. The number of carbonyl (C=O) groups is 1. The Kier molecular flexibility index (Phi) is 6.47. The molecule has 1 fully saturated rings. The molecule has 0 aromatic heterocycles. The molecule has 1 aliphatic rings. The number of likely N-dealkylation sites (tertiary alicyclic amines) is 1. The summed E-state index contributed by atoms with van der Waals surface area (Å²) in [5.41, 5.74) is 0. The number of methoxy groups -OCH3 is 1. The van der Waals surface area contributed by atoms with Crippen LogP contribution in [0.15, 0.2) is 0 Å². The van der Waals surface area contributed by atoms with Gasteiger partial charge in [-0.3, -0.25) is 4.79 Å². The summed E-state index contributed by atoms with van der Waals surface area (Å²) in [6.45, 7) is 5.23. The van der Waals surface area contributed by atoms with E-state index in [1.54, 1.807) is 7.11 Å². The first kappa shape index (κ1) is 14.4. The van der Waals surface area contributed by atoms with E-state index in [1.807, 2.05) is 0 Å². The van der Waals surface area contributed by atoms with E-state index >= 15 is 0 Å². The van der Waals surface area contributed by atoms with Crippen molar-refractivity contribution >= 4 is 5.91 Å². The van der Waals surface area contributed by atoms with Gasteiger partial charge in [-0.15, -0.1) is 0 Å². The van der Waals surface area contributed by atoms with Gasteiger partial charge < -0.3 is 20.3 Å². The zero-order chi connectivity index (χ0) is 12.7. The van der Waals surface area contributed by atoms with E-state index in [0.717, 1.165) is 13.1 Å². The first-order valence-electron chi connectivity index (χ1n) is 6.32. The summed E-state index contributed by atoms with van der Waals surface area (Å²) in [5, 5.41) is 6.24. The number of carbonyl (C=O) groups excluding carboxylic acids is 1. The van der Waals surface area contributed by atoms with Crippen molar-refractivity contribution in [2.24, 2.45) is 0 Å². The number of hydrogen-bond acceptors (Lipinski definition) is 4. The van der Waals surface area contributed by atoms with Crippen LogP contribution in [0.4, 0.5) is 0 Å². The zero-order valence-electron chi connectivity index (χ0n) is 11.2. The lowest BCUT2D eigenvalue weighted by molar-refractivity contribution is -0.121. The molecule has 17 heavy (non-hydrogen) atoms. The highest BCUT2D eigenvalue weighted by atomic mass is 16.5. The minimum Gasteiger partial charge on any atom is -0.383 e. The summed E-state index contributed by atoms with van der Waals surface area (Å²) in [5.74, 6) is 0.0916. The number of amides is 1. The molecule has 2 N–H and O–H groups in total. The predicted octanol–water partition coefficient (Wildman–Crippen LogP) is -0.179. The monoisotopic (exact) mass is 243 g/mol. The number of nitrogens with one attached hydrogen (secondary N) is 2. The first-order chi connectivity index (χ1) is 8.13. The van der Waals surface area contributed by atoms with Crippen LogP contribution in [0.25, 0.3) is 0 Å². The SMILES string of the molecule is COCCNC(=O)CCNC1CC(C)N(C)C1. The fourth-order valence-electron chi connectivity index (χ4n) is 2.11. The van der Waals surface area contributed by atoms with Crippen molar-refractivity contribution in [1.82, 2.24) is 15.5 Å². The second kappa shape index (κ2) is 7.63. The molecule has 0 aliphatic carbocycles. The molecule has 0 aromatic carbocycles. The minimum atomic E-state index is 0.0916. The summed E-state index contributed by atoms with van der Waals surface area (Å²) in [7, 11) is 3.77. The Morgan fingerprint density at radius 2 is 2.24 bits per heavy atom. The largest absolute Gasteiger partial charge is 0.383 e. The summed E-state index contributed by atoms with van der Waals surface area (Å²) in [4.78, 5) is 13.7. The first-order valence-corrected chi connectivity index (χ1v) is 6.32. The predicted molar refractivity (Wildman–Crippen MR) is 68.0 cm³/mol. The van der Waals surface area contributed by atoms with Crippen molar-refractivity contribution in [2.75, 3.05) is 40.4 Å². The maximum atomic E-state index is 11.4. The van der Waals surface area contributed by atoms with Gasteiger partial charge in [-0.05, 0) is 20.4 Å². The van der Waals surface area contributed by atoms with Crippen molar-refractivity contribution in [2.45, 2.75) is 31.8 Å². The van der Waals surface area contributed by atoms with Gasteiger partial charge in [0.05, 0.1) is 6.61 Å². The Labute approximate surface area is 104 Å². The lowest BCUT2D eigenvalue weighted by atomic mass is 10.2. The topological polar surface area (TPSA) is 53.6 Å². The molecule has 5 nitrogen and oxygen atoms in total. The Bertz CT molecular complexity index is 226. The molecular weight excluding hydrogens is 218 g/mol. The molecule has 1 saturated heterocycles. The van der Waals surface area contributed by atoms with Crippen LogP contribution in [0.3, 0.4) is 0 Å². The summed E-state index contributed by atoms with van der Waals surface area (Å²) >= 11 is 0. The van der Waals surface area contributed by atoms with E-state index in [4.69, 9.17) is 4.74 Å². The van der Waals surface area contributed by atoms with Gasteiger partial charge in [0.25, 0.3) is 0 Å². The number of likely N-dealkylation sites (N-methyl/N-ethyl adjacent to an activating group) is 1. The molecule has 2 atom stereocenters. The molecule has 0 spiro atoms. The van der Waals surface area contributed by atoms with Crippen LogP contribution in [0, 0.1) is 0 Å². The maximum absolute atomic E-state index is 11.4. The van der Waals surface area contributed by atoms with E-state index in [-0.39, 0.29) is 5.91 Å². The molecule has 0 radical (unpaired) electrons. The van der Waals surface area contributed by atoms with Crippen LogP contribution in [0.1, 0.15) is 19.8 Å². The molecule has 100 valence electrons. The third-order valence-corrected chi connectivity index (χ3v) is 3.30. The lowest BCUT2D eigenvalue weighted by Crippen LogP contribution is -2.35. The van der Waals surface area contributed by atoms with E-state index < -0.39 is 0 Å². The van der Waals surface area contributed by atoms with Crippen LogP contribution in [-0.4, -0.2) is 63.3 Å². The zero-order valence-corrected chi connectivity index (χ0v) is 11.2. The molecular formula is C12H25N3O2. The third-order valence-electron chi connectivity index (χ3n) is 3.30. The van der Waals surface area contributed by atoms with Crippen molar-refractivity contribution in [1.29, 1.82) is 0 Å². The average molecular weight is 243 g/mol. The Hall–Kier alpha value is -0.650.